The molecule has 1 atom stereocenters. The highest BCUT2D eigenvalue weighted by atomic mass is 15.0. The average Bonchev–Trinajstić information content (AvgIpc) is 2.92. The van der Waals surface area contributed by atoms with Gasteiger partial charge < -0.3 is 10.6 Å². The van der Waals surface area contributed by atoms with Crippen LogP contribution in [0.25, 0.3) is 10.9 Å². The number of nitrogens with one attached hydrogen (secondary N) is 2. The quantitative estimate of drug-likeness (QED) is 0.863. The molecule has 1 aromatic carbocycles. The Morgan fingerprint density at radius 2 is 2.22 bits per heavy atom. The lowest BCUT2D eigenvalue weighted by atomic mass is 10.1. The van der Waals surface area contributed by atoms with E-state index in [9.17, 15) is 0 Å². The molecule has 1 aliphatic heterocycles. The second-order valence-electron chi connectivity index (χ2n) is 4.75. The Bertz CT molecular complexity index is 515. The first-order valence-corrected chi connectivity index (χ1v) is 6.60. The van der Waals surface area contributed by atoms with Gasteiger partial charge in [-0.15, -0.1) is 0 Å². The molecule has 1 aromatic heterocycles. The maximum absolute atomic E-state index is 4.33. The molecule has 2 N–H and O–H groups in total. The first-order valence-electron chi connectivity index (χ1n) is 6.60. The monoisotopic (exact) mass is 242 g/mol. The molecule has 1 aliphatic rings. The number of para-hydroxylation sites is 1. The van der Waals surface area contributed by atoms with Gasteiger partial charge in [-0.3, -0.25) is 0 Å². The van der Waals surface area contributed by atoms with Crippen molar-refractivity contribution in [3.63, 3.8) is 0 Å². The smallest absolute Gasteiger partial charge is 0.137 e. The summed E-state index contributed by atoms with van der Waals surface area (Å²) in [6, 6.07) is 8.77. The molecule has 94 valence electrons. The molecule has 0 amide bonds. The molecule has 2 heterocycles. The van der Waals surface area contributed by atoms with Crippen LogP contribution in [0.4, 0.5) is 5.82 Å². The van der Waals surface area contributed by atoms with E-state index >= 15 is 0 Å². The average molecular weight is 242 g/mol. The van der Waals surface area contributed by atoms with Crippen LogP contribution in [0.2, 0.25) is 0 Å². The molecular weight excluding hydrogens is 224 g/mol. The number of aromatic nitrogens is 2. The minimum Gasteiger partial charge on any atom is -0.369 e. The van der Waals surface area contributed by atoms with E-state index in [4.69, 9.17) is 0 Å². The summed E-state index contributed by atoms with van der Waals surface area (Å²) in [4.78, 5) is 8.59. The molecule has 0 aliphatic carbocycles. The normalized spacial score (nSPS) is 19.2. The summed E-state index contributed by atoms with van der Waals surface area (Å²) < 4.78 is 0. The minimum absolute atomic E-state index is 0.672. The third kappa shape index (κ3) is 2.43. The van der Waals surface area contributed by atoms with Crippen LogP contribution in [0.5, 0.6) is 0 Å². The summed E-state index contributed by atoms with van der Waals surface area (Å²) >= 11 is 0. The summed E-state index contributed by atoms with van der Waals surface area (Å²) in [7, 11) is 0. The third-order valence-electron chi connectivity index (χ3n) is 3.49. The second kappa shape index (κ2) is 5.31. The zero-order valence-corrected chi connectivity index (χ0v) is 10.4. The Labute approximate surface area is 107 Å². The maximum atomic E-state index is 4.33. The van der Waals surface area contributed by atoms with Crippen molar-refractivity contribution in [2.45, 2.75) is 25.3 Å². The van der Waals surface area contributed by atoms with Crippen LogP contribution < -0.4 is 10.6 Å². The third-order valence-corrected chi connectivity index (χ3v) is 3.49. The maximum Gasteiger partial charge on any atom is 0.137 e. The Balaban J connectivity index is 1.66. The van der Waals surface area contributed by atoms with Crippen molar-refractivity contribution in [1.82, 2.24) is 15.3 Å². The fourth-order valence-corrected chi connectivity index (χ4v) is 2.51. The zero-order chi connectivity index (χ0) is 12.2. The van der Waals surface area contributed by atoms with Crippen LogP contribution >= 0.6 is 0 Å². The van der Waals surface area contributed by atoms with Crippen molar-refractivity contribution in [3.05, 3.63) is 30.6 Å². The van der Waals surface area contributed by atoms with Gasteiger partial charge in [0.15, 0.2) is 0 Å². The Morgan fingerprint density at radius 1 is 1.28 bits per heavy atom. The molecule has 0 saturated carbocycles. The molecule has 2 aromatic rings. The minimum atomic E-state index is 0.672. The van der Waals surface area contributed by atoms with Gasteiger partial charge in [-0.05, 0) is 37.9 Å². The molecule has 1 saturated heterocycles. The van der Waals surface area contributed by atoms with Crippen molar-refractivity contribution in [1.29, 1.82) is 0 Å². The predicted molar refractivity (Wildman–Crippen MR) is 73.7 cm³/mol. The van der Waals surface area contributed by atoms with E-state index in [0.717, 1.165) is 29.7 Å². The van der Waals surface area contributed by atoms with E-state index in [2.05, 4.69) is 26.7 Å². The van der Waals surface area contributed by atoms with Crippen LogP contribution in [0, 0.1) is 0 Å². The number of rotatable bonds is 4. The van der Waals surface area contributed by atoms with Gasteiger partial charge in [-0.25, -0.2) is 9.97 Å². The number of hydrogen-bond donors (Lipinski definition) is 2. The summed E-state index contributed by atoms with van der Waals surface area (Å²) in [5.74, 6) is 0.943. The number of hydrogen-bond acceptors (Lipinski definition) is 4. The highest BCUT2D eigenvalue weighted by Crippen LogP contribution is 2.18. The van der Waals surface area contributed by atoms with Crippen LogP contribution in [-0.4, -0.2) is 29.1 Å². The van der Waals surface area contributed by atoms with Gasteiger partial charge >= 0.3 is 0 Å². The highest BCUT2D eigenvalue weighted by Gasteiger charge is 2.13. The highest BCUT2D eigenvalue weighted by molar-refractivity contribution is 5.88. The lowest BCUT2D eigenvalue weighted by molar-refractivity contribution is 0.574. The molecule has 4 nitrogen and oxygen atoms in total. The van der Waals surface area contributed by atoms with Gasteiger partial charge in [0.2, 0.25) is 0 Å². The lowest BCUT2D eigenvalue weighted by Gasteiger charge is -2.12. The second-order valence-corrected chi connectivity index (χ2v) is 4.75. The van der Waals surface area contributed by atoms with Crippen molar-refractivity contribution in [2.24, 2.45) is 0 Å². The van der Waals surface area contributed by atoms with Crippen molar-refractivity contribution < 1.29 is 0 Å². The molecule has 0 bridgehead atoms. The zero-order valence-electron chi connectivity index (χ0n) is 10.4. The van der Waals surface area contributed by atoms with Crippen molar-refractivity contribution in [2.75, 3.05) is 18.4 Å². The van der Waals surface area contributed by atoms with Gasteiger partial charge in [0, 0.05) is 18.0 Å². The van der Waals surface area contributed by atoms with Crippen LogP contribution in [-0.2, 0) is 0 Å². The van der Waals surface area contributed by atoms with E-state index in [1.165, 1.54) is 19.4 Å². The van der Waals surface area contributed by atoms with Crippen molar-refractivity contribution >= 4 is 16.7 Å². The summed E-state index contributed by atoms with van der Waals surface area (Å²) in [6.07, 6.45) is 5.38. The fraction of sp³-hybridized carbons (Fsp3) is 0.429. The van der Waals surface area contributed by atoms with E-state index in [-0.39, 0.29) is 0 Å². The van der Waals surface area contributed by atoms with Gasteiger partial charge in [-0.2, -0.15) is 0 Å². The standard InChI is InChI=1S/C14H18N4/c1-2-6-13-12(5-1)14(18-10-17-13)16-9-7-11-4-3-8-15-11/h1-2,5-6,10-11,15H,3-4,7-9H2,(H,16,17,18)/t11-/m1/s1. The lowest BCUT2D eigenvalue weighted by Crippen LogP contribution is -2.24. The first kappa shape index (κ1) is 11.4. The Hall–Kier alpha value is -1.68. The van der Waals surface area contributed by atoms with Crippen LogP contribution in [0.1, 0.15) is 19.3 Å². The number of benzene rings is 1. The van der Waals surface area contributed by atoms with Gasteiger partial charge in [0.05, 0.1) is 5.52 Å². The van der Waals surface area contributed by atoms with E-state index in [0.29, 0.717) is 6.04 Å². The number of anilines is 1. The van der Waals surface area contributed by atoms with E-state index in [1.54, 1.807) is 6.33 Å². The molecule has 1 fully saturated rings. The molecule has 4 heteroatoms. The first-order chi connectivity index (χ1) is 8.93. The predicted octanol–water partition coefficient (Wildman–Crippen LogP) is 2.18. The van der Waals surface area contributed by atoms with Crippen molar-refractivity contribution in [3.8, 4) is 0 Å². The summed E-state index contributed by atoms with van der Waals surface area (Å²) in [5.41, 5.74) is 0.994. The topological polar surface area (TPSA) is 49.8 Å². The molecular formula is C14H18N4. The molecule has 0 unspecified atom stereocenters. The molecule has 3 rings (SSSR count). The molecule has 18 heavy (non-hydrogen) atoms. The summed E-state index contributed by atoms with van der Waals surface area (Å²) in [5, 5.41) is 8.03. The number of fused-ring (bicyclic) bond motifs is 1. The van der Waals surface area contributed by atoms with Gasteiger partial charge in [-0.1, -0.05) is 12.1 Å². The SMILES string of the molecule is c1ccc2c(NCC[C@H]3CCCN3)ncnc2c1. The van der Waals surface area contributed by atoms with Gasteiger partial charge in [0.25, 0.3) is 0 Å². The van der Waals surface area contributed by atoms with Crippen LogP contribution in [0.3, 0.4) is 0 Å². The van der Waals surface area contributed by atoms with Crippen LogP contribution in [0.15, 0.2) is 30.6 Å². The Morgan fingerprint density at radius 3 is 3.11 bits per heavy atom. The molecule has 0 spiro atoms. The Kier molecular flexibility index (Phi) is 3.37. The summed E-state index contributed by atoms with van der Waals surface area (Å²) in [6.45, 7) is 2.12. The van der Waals surface area contributed by atoms with E-state index in [1.807, 2.05) is 18.2 Å². The largest absolute Gasteiger partial charge is 0.369 e. The van der Waals surface area contributed by atoms with E-state index < -0.39 is 0 Å². The number of nitrogens with zero attached hydrogens (tertiary/aromatic N) is 2. The fourth-order valence-electron chi connectivity index (χ4n) is 2.51. The van der Waals surface area contributed by atoms with Gasteiger partial charge in [0.1, 0.15) is 12.1 Å². The molecule has 0 radical (unpaired) electrons.